The maximum atomic E-state index is 5.55. The highest BCUT2D eigenvalue weighted by Crippen LogP contribution is 2.27. The Morgan fingerprint density at radius 2 is 1.80 bits per heavy atom. The summed E-state index contributed by atoms with van der Waals surface area (Å²) in [5.74, 6) is 0. The first-order valence-corrected chi connectivity index (χ1v) is 5.46. The molecule has 0 spiro atoms. The van der Waals surface area contributed by atoms with Crippen molar-refractivity contribution in [3.05, 3.63) is 47.5 Å². The summed E-state index contributed by atoms with van der Waals surface area (Å²) in [4.78, 5) is 0. The van der Waals surface area contributed by atoms with Crippen LogP contribution in [0.25, 0.3) is 0 Å². The molecule has 0 aromatic heterocycles. The lowest BCUT2D eigenvalue weighted by Gasteiger charge is -2.19. The fourth-order valence-corrected chi connectivity index (χ4v) is 1.77. The molecule has 0 amide bonds. The fourth-order valence-electron chi connectivity index (χ4n) is 1.77. The van der Waals surface area contributed by atoms with Crippen LogP contribution >= 0.6 is 0 Å². The first-order valence-electron chi connectivity index (χ1n) is 5.46. The smallest absolute Gasteiger partial charge is 0.101 e. The molecular formula is C14H18O. The van der Waals surface area contributed by atoms with Gasteiger partial charge in [0.2, 0.25) is 0 Å². The van der Waals surface area contributed by atoms with Gasteiger partial charge in [-0.1, -0.05) is 57.2 Å². The van der Waals surface area contributed by atoms with Gasteiger partial charge in [0, 0.05) is 0 Å². The van der Waals surface area contributed by atoms with E-state index >= 15 is 0 Å². The molecule has 0 N–H and O–H groups in total. The number of rotatable bonds is 1. The average molecular weight is 202 g/mol. The molecule has 0 saturated heterocycles. The Hall–Kier alpha value is -1.08. The zero-order valence-electron chi connectivity index (χ0n) is 9.66. The highest BCUT2D eigenvalue weighted by molar-refractivity contribution is 5.30. The highest BCUT2D eigenvalue weighted by atomic mass is 16.5. The van der Waals surface area contributed by atoms with Gasteiger partial charge in [-0.05, 0) is 16.5 Å². The first-order chi connectivity index (χ1) is 7.07. The van der Waals surface area contributed by atoms with Crippen LogP contribution in [-0.2, 0) is 10.2 Å². The van der Waals surface area contributed by atoms with Gasteiger partial charge in [-0.2, -0.15) is 0 Å². The fraction of sp³-hybridized carbons (Fsp3) is 0.429. The van der Waals surface area contributed by atoms with Gasteiger partial charge in [0.1, 0.15) is 6.10 Å². The maximum absolute atomic E-state index is 5.55. The Kier molecular flexibility index (Phi) is 2.66. The van der Waals surface area contributed by atoms with Crippen LogP contribution in [-0.4, -0.2) is 6.61 Å². The Morgan fingerprint density at radius 1 is 1.13 bits per heavy atom. The van der Waals surface area contributed by atoms with E-state index in [1.165, 1.54) is 11.1 Å². The minimum atomic E-state index is 0.166. The number of hydrogen-bond donors (Lipinski definition) is 0. The van der Waals surface area contributed by atoms with Crippen LogP contribution in [0.4, 0.5) is 0 Å². The molecule has 1 aromatic rings. The molecule has 1 atom stereocenters. The van der Waals surface area contributed by atoms with Gasteiger partial charge >= 0.3 is 0 Å². The molecule has 1 aliphatic rings. The molecule has 0 aliphatic carbocycles. The van der Waals surface area contributed by atoms with E-state index in [9.17, 15) is 0 Å². The zero-order chi connectivity index (χ0) is 10.9. The molecule has 2 rings (SSSR count). The van der Waals surface area contributed by atoms with Crippen molar-refractivity contribution in [3.63, 3.8) is 0 Å². The molecule has 15 heavy (non-hydrogen) atoms. The minimum absolute atomic E-state index is 0.166. The van der Waals surface area contributed by atoms with Crippen LogP contribution in [0.2, 0.25) is 0 Å². The highest BCUT2D eigenvalue weighted by Gasteiger charge is 2.15. The lowest BCUT2D eigenvalue weighted by molar-refractivity contribution is 0.129. The molecule has 1 aromatic carbocycles. The second-order valence-electron chi connectivity index (χ2n) is 5.05. The van der Waals surface area contributed by atoms with Crippen LogP contribution in [0.5, 0.6) is 0 Å². The summed E-state index contributed by atoms with van der Waals surface area (Å²) >= 11 is 0. The van der Waals surface area contributed by atoms with Crippen LogP contribution in [0.1, 0.15) is 38.0 Å². The van der Waals surface area contributed by atoms with E-state index in [4.69, 9.17) is 4.74 Å². The molecule has 1 heterocycles. The summed E-state index contributed by atoms with van der Waals surface area (Å²) < 4.78 is 5.55. The van der Waals surface area contributed by atoms with Crippen molar-refractivity contribution in [1.29, 1.82) is 0 Å². The van der Waals surface area contributed by atoms with Gasteiger partial charge < -0.3 is 4.74 Å². The summed E-state index contributed by atoms with van der Waals surface area (Å²) in [6.45, 7) is 7.43. The van der Waals surface area contributed by atoms with Crippen molar-refractivity contribution in [2.45, 2.75) is 32.3 Å². The van der Waals surface area contributed by atoms with Crippen molar-refractivity contribution in [2.24, 2.45) is 0 Å². The zero-order valence-corrected chi connectivity index (χ0v) is 9.66. The van der Waals surface area contributed by atoms with E-state index < -0.39 is 0 Å². The SMILES string of the molecule is CC(C)(C)c1ccc([C@@H]2C=CCO2)cc1. The van der Waals surface area contributed by atoms with Gasteiger partial charge in [-0.15, -0.1) is 0 Å². The first kappa shape index (κ1) is 10.4. The third kappa shape index (κ3) is 2.29. The van der Waals surface area contributed by atoms with E-state index in [0.29, 0.717) is 0 Å². The molecule has 0 radical (unpaired) electrons. The Labute approximate surface area is 91.8 Å². The lowest BCUT2D eigenvalue weighted by atomic mass is 9.86. The number of ether oxygens (including phenoxy) is 1. The van der Waals surface area contributed by atoms with Crippen molar-refractivity contribution in [2.75, 3.05) is 6.61 Å². The monoisotopic (exact) mass is 202 g/mol. The van der Waals surface area contributed by atoms with E-state index in [1.807, 2.05) is 0 Å². The molecule has 1 nitrogen and oxygen atoms in total. The summed E-state index contributed by atoms with van der Waals surface area (Å²) in [6.07, 6.45) is 4.35. The van der Waals surface area contributed by atoms with E-state index in [2.05, 4.69) is 57.2 Å². The summed E-state index contributed by atoms with van der Waals surface area (Å²) in [5, 5.41) is 0. The molecular weight excluding hydrogens is 184 g/mol. The van der Waals surface area contributed by atoms with Gasteiger partial charge in [-0.25, -0.2) is 0 Å². The number of hydrogen-bond acceptors (Lipinski definition) is 1. The average Bonchev–Trinajstić information content (AvgIpc) is 2.69. The Bertz CT molecular complexity index is 354. The quantitative estimate of drug-likeness (QED) is 0.632. The van der Waals surface area contributed by atoms with E-state index in [0.717, 1.165) is 6.61 Å². The standard InChI is InChI=1S/C14H18O/c1-14(2,3)12-8-6-11(7-9-12)13-5-4-10-15-13/h4-9,13H,10H2,1-3H3/t13-/m0/s1. The predicted molar refractivity (Wildman–Crippen MR) is 63.0 cm³/mol. The van der Waals surface area contributed by atoms with Gasteiger partial charge in [0.25, 0.3) is 0 Å². The van der Waals surface area contributed by atoms with Gasteiger partial charge in [-0.3, -0.25) is 0 Å². The van der Waals surface area contributed by atoms with Gasteiger partial charge in [0.15, 0.2) is 0 Å². The second kappa shape index (κ2) is 3.82. The maximum Gasteiger partial charge on any atom is 0.101 e. The molecule has 0 fully saturated rings. The van der Waals surface area contributed by atoms with Crippen molar-refractivity contribution in [3.8, 4) is 0 Å². The number of benzene rings is 1. The van der Waals surface area contributed by atoms with Gasteiger partial charge in [0.05, 0.1) is 6.61 Å². The molecule has 0 unspecified atom stereocenters. The summed E-state index contributed by atoms with van der Waals surface area (Å²) in [7, 11) is 0. The van der Waals surface area contributed by atoms with Crippen molar-refractivity contribution >= 4 is 0 Å². The normalized spacial score (nSPS) is 20.9. The Balaban J connectivity index is 2.20. The van der Waals surface area contributed by atoms with Crippen LogP contribution in [0.15, 0.2) is 36.4 Å². The van der Waals surface area contributed by atoms with Crippen LogP contribution in [0.3, 0.4) is 0 Å². The third-order valence-electron chi connectivity index (χ3n) is 2.79. The second-order valence-corrected chi connectivity index (χ2v) is 5.05. The summed E-state index contributed by atoms with van der Waals surface area (Å²) in [5.41, 5.74) is 2.84. The molecule has 80 valence electrons. The molecule has 0 saturated carbocycles. The predicted octanol–water partition coefficient (Wildman–Crippen LogP) is 3.61. The van der Waals surface area contributed by atoms with Crippen molar-refractivity contribution in [1.82, 2.24) is 0 Å². The summed E-state index contributed by atoms with van der Waals surface area (Å²) in [6, 6.07) is 8.73. The molecule has 0 bridgehead atoms. The van der Waals surface area contributed by atoms with Crippen LogP contribution < -0.4 is 0 Å². The van der Waals surface area contributed by atoms with Crippen LogP contribution in [0, 0.1) is 0 Å². The molecule has 1 aliphatic heterocycles. The minimum Gasteiger partial charge on any atom is -0.365 e. The molecule has 1 heteroatoms. The third-order valence-corrected chi connectivity index (χ3v) is 2.79. The Morgan fingerprint density at radius 3 is 2.27 bits per heavy atom. The largest absolute Gasteiger partial charge is 0.365 e. The van der Waals surface area contributed by atoms with E-state index in [-0.39, 0.29) is 11.5 Å². The van der Waals surface area contributed by atoms with E-state index in [1.54, 1.807) is 0 Å². The lowest BCUT2D eigenvalue weighted by Crippen LogP contribution is -2.11. The van der Waals surface area contributed by atoms with Crippen molar-refractivity contribution < 1.29 is 4.74 Å². The topological polar surface area (TPSA) is 9.23 Å².